The summed E-state index contributed by atoms with van der Waals surface area (Å²) in [4.78, 5) is 8.13. The summed E-state index contributed by atoms with van der Waals surface area (Å²) in [5.41, 5.74) is 0.983. The fraction of sp³-hybridized carbons (Fsp3) is 0.286. The summed E-state index contributed by atoms with van der Waals surface area (Å²) in [7, 11) is -0.655. The zero-order valence-electron chi connectivity index (χ0n) is 12.3. The Morgan fingerprint density at radius 1 is 1.14 bits per heavy atom. The minimum atomic E-state index is -3.54. The van der Waals surface area contributed by atoms with Crippen LogP contribution in [0.2, 0.25) is 0 Å². The van der Waals surface area contributed by atoms with Gasteiger partial charge in [0.1, 0.15) is 5.69 Å². The number of aromatic nitrogens is 2. The highest BCUT2D eigenvalue weighted by Crippen LogP contribution is 2.25. The third kappa shape index (κ3) is 4.32. The van der Waals surface area contributed by atoms with E-state index in [1.807, 2.05) is 6.07 Å². The molecular weight excluding hydrogens is 306 g/mol. The minimum Gasteiger partial charge on any atom is -0.481 e. The minimum absolute atomic E-state index is 0.0841. The second kappa shape index (κ2) is 7.08. The van der Waals surface area contributed by atoms with Gasteiger partial charge in [0.15, 0.2) is 0 Å². The topological polar surface area (TPSA) is 90.4 Å². The van der Waals surface area contributed by atoms with Crippen LogP contribution in [0.1, 0.15) is 5.69 Å². The highest BCUT2D eigenvalue weighted by molar-refractivity contribution is 7.92. The van der Waals surface area contributed by atoms with Gasteiger partial charge in [-0.05, 0) is 18.2 Å². The van der Waals surface area contributed by atoms with Crippen LogP contribution in [0.15, 0.2) is 36.5 Å². The van der Waals surface area contributed by atoms with Crippen molar-refractivity contribution in [2.75, 3.05) is 24.7 Å². The molecule has 118 valence electrons. The quantitative estimate of drug-likeness (QED) is 0.830. The third-order valence-electron chi connectivity index (χ3n) is 2.86. The lowest BCUT2D eigenvalue weighted by molar-refractivity contribution is 0.366. The van der Waals surface area contributed by atoms with Crippen LogP contribution in [0.25, 0.3) is 0 Å². The van der Waals surface area contributed by atoms with Crippen molar-refractivity contribution in [2.45, 2.75) is 6.42 Å². The third-order valence-corrected chi connectivity index (χ3v) is 4.13. The van der Waals surface area contributed by atoms with Crippen LogP contribution in [0.4, 0.5) is 5.69 Å². The Hall–Kier alpha value is -2.35. The van der Waals surface area contributed by atoms with Crippen LogP contribution in [0.3, 0.4) is 0 Å². The van der Waals surface area contributed by atoms with Crippen LogP contribution >= 0.6 is 0 Å². The van der Waals surface area contributed by atoms with E-state index < -0.39 is 10.0 Å². The average Bonchev–Trinajstić information content (AvgIpc) is 2.54. The number of aryl methyl sites for hydroxylation is 1. The molecule has 1 N–H and O–H groups in total. The summed E-state index contributed by atoms with van der Waals surface area (Å²) in [5, 5.41) is 0. The molecule has 0 saturated heterocycles. The summed E-state index contributed by atoms with van der Waals surface area (Å²) >= 11 is 0. The number of hydrogen-bond acceptors (Lipinski definition) is 6. The lowest BCUT2D eigenvalue weighted by Crippen LogP contribution is -2.19. The van der Waals surface area contributed by atoms with Gasteiger partial charge in [0, 0.05) is 24.4 Å². The molecular formula is C14H17N3O4S. The molecule has 0 aliphatic heterocycles. The first-order valence-corrected chi connectivity index (χ1v) is 8.19. The smallest absolute Gasteiger partial charge is 0.241 e. The van der Waals surface area contributed by atoms with Gasteiger partial charge in [-0.1, -0.05) is 6.07 Å². The first-order chi connectivity index (χ1) is 10.5. The predicted molar refractivity (Wildman–Crippen MR) is 82.7 cm³/mol. The lowest BCUT2D eigenvalue weighted by Gasteiger charge is -2.11. The number of methoxy groups -OCH3 is 2. The van der Waals surface area contributed by atoms with E-state index in [1.54, 1.807) is 30.5 Å². The number of pyridine rings is 2. The summed E-state index contributed by atoms with van der Waals surface area (Å²) in [6, 6.07) is 8.48. The first kappa shape index (κ1) is 16.0. The SMILES string of the molecule is COc1ccc(NS(=O)(=O)CCc2ccccn2)c(OC)n1. The Kier molecular flexibility index (Phi) is 5.16. The molecule has 0 fully saturated rings. The van der Waals surface area contributed by atoms with Gasteiger partial charge in [-0.2, -0.15) is 4.98 Å². The molecule has 22 heavy (non-hydrogen) atoms. The molecule has 0 atom stereocenters. The fourth-order valence-electron chi connectivity index (χ4n) is 1.77. The van der Waals surface area contributed by atoms with E-state index in [-0.39, 0.29) is 17.3 Å². The second-order valence-electron chi connectivity index (χ2n) is 4.40. The van der Waals surface area contributed by atoms with Gasteiger partial charge in [-0.3, -0.25) is 9.71 Å². The Morgan fingerprint density at radius 3 is 2.59 bits per heavy atom. The van der Waals surface area contributed by atoms with Crippen molar-refractivity contribution in [3.05, 3.63) is 42.2 Å². The molecule has 2 aromatic heterocycles. The molecule has 0 amide bonds. The van der Waals surface area contributed by atoms with E-state index in [0.29, 0.717) is 18.0 Å². The normalized spacial score (nSPS) is 11.0. The number of nitrogens with zero attached hydrogens (tertiary/aromatic N) is 2. The standard InChI is InChI=1S/C14H17N3O4S/c1-20-13-7-6-12(14(16-13)21-2)17-22(18,19)10-8-11-5-3-4-9-15-11/h3-7,9,17H,8,10H2,1-2H3. The molecule has 2 heterocycles. The van der Waals surface area contributed by atoms with Crippen molar-refractivity contribution in [3.8, 4) is 11.8 Å². The Bertz CT molecular complexity index is 720. The van der Waals surface area contributed by atoms with Crippen molar-refractivity contribution >= 4 is 15.7 Å². The number of rotatable bonds is 7. The maximum Gasteiger partial charge on any atom is 0.241 e. The van der Waals surface area contributed by atoms with Gasteiger partial charge >= 0.3 is 0 Å². The summed E-state index contributed by atoms with van der Waals surface area (Å²) in [5.74, 6) is 0.410. The van der Waals surface area contributed by atoms with Gasteiger partial charge in [0.05, 0.1) is 20.0 Å². The largest absolute Gasteiger partial charge is 0.481 e. The van der Waals surface area contributed by atoms with Crippen LogP contribution in [-0.2, 0) is 16.4 Å². The van der Waals surface area contributed by atoms with E-state index in [2.05, 4.69) is 14.7 Å². The highest BCUT2D eigenvalue weighted by Gasteiger charge is 2.15. The molecule has 0 radical (unpaired) electrons. The maximum absolute atomic E-state index is 12.1. The Labute approximate surface area is 129 Å². The van der Waals surface area contributed by atoms with Crippen LogP contribution in [0.5, 0.6) is 11.8 Å². The molecule has 0 aliphatic rings. The predicted octanol–water partition coefficient (Wildman–Crippen LogP) is 1.48. The van der Waals surface area contributed by atoms with Crippen molar-refractivity contribution < 1.29 is 17.9 Å². The van der Waals surface area contributed by atoms with Crippen molar-refractivity contribution in [1.29, 1.82) is 0 Å². The van der Waals surface area contributed by atoms with Gasteiger partial charge in [0.25, 0.3) is 0 Å². The van der Waals surface area contributed by atoms with Crippen molar-refractivity contribution in [3.63, 3.8) is 0 Å². The van der Waals surface area contributed by atoms with Gasteiger partial charge in [0.2, 0.25) is 21.8 Å². The molecule has 0 bridgehead atoms. The van der Waals surface area contributed by atoms with Gasteiger partial charge in [-0.15, -0.1) is 0 Å². The molecule has 7 nitrogen and oxygen atoms in total. The number of nitrogens with one attached hydrogen (secondary N) is 1. The van der Waals surface area contributed by atoms with Crippen molar-refractivity contribution in [1.82, 2.24) is 9.97 Å². The molecule has 8 heteroatoms. The Morgan fingerprint density at radius 2 is 1.95 bits per heavy atom. The fourth-order valence-corrected chi connectivity index (χ4v) is 2.84. The number of ether oxygens (including phenoxy) is 2. The van der Waals surface area contributed by atoms with Gasteiger partial charge in [-0.25, -0.2) is 8.42 Å². The molecule has 0 aliphatic carbocycles. The van der Waals surface area contributed by atoms with E-state index in [9.17, 15) is 8.42 Å². The molecule has 2 aromatic rings. The number of anilines is 1. The monoisotopic (exact) mass is 323 g/mol. The van der Waals surface area contributed by atoms with E-state index in [1.165, 1.54) is 14.2 Å². The first-order valence-electron chi connectivity index (χ1n) is 6.53. The highest BCUT2D eigenvalue weighted by atomic mass is 32.2. The van der Waals surface area contributed by atoms with Crippen LogP contribution in [-0.4, -0.2) is 38.4 Å². The van der Waals surface area contributed by atoms with E-state index in [0.717, 1.165) is 0 Å². The Balaban J connectivity index is 2.08. The molecule has 0 unspecified atom stereocenters. The molecule has 2 rings (SSSR count). The van der Waals surface area contributed by atoms with Crippen LogP contribution in [0, 0.1) is 0 Å². The number of sulfonamides is 1. The second-order valence-corrected chi connectivity index (χ2v) is 6.24. The van der Waals surface area contributed by atoms with E-state index >= 15 is 0 Å². The molecule has 0 saturated carbocycles. The van der Waals surface area contributed by atoms with E-state index in [4.69, 9.17) is 9.47 Å². The summed E-state index contributed by atoms with van der Waals surface area (Å²) < 4.78 is 36.8. The summed E-state index contributed by atoms with van der Waals surface area (Å²) in [6.07, 6.45) is 1.95. The number of hydrogen-bond donors (Lipinski definition) is 1. The summed E-state index contributed by atoms with van der Waals surface area (Å²) in [6.45, 7) is 0. The van der Waals surface area contributed by atoms with Gasteiger partial charge < -0.3 is 9.47 Å². The lowest BCUT2D eigenvalue weighted by atomic mass is 10.3. The zero-order chi connectivity index (χ0) is 16.0. The average molecular weight is 323 g/mol. The van der Waals surface area contributed by atoms with Crippen molar-refractivity contribution in [2.24, 2.45) is 0 Å². The molecule has 0 aromatic carbocycles. The molecule has 0 spiro atoms. The zero-order valence-corrected chi connectivity index (χ0v) is 13.1. The van der Waals surface area contributed by atoms with Crippen LogP contribution < -0.4 is 14.2 Å². The maximum atomic E-state index is 12.1.